The van der Waals surface area contributed by atoms with Gasteiger partial charge in [-0.2, -0.15) is 0 Å². The number of rotatable bonds is 4. The third-order valence-electron chi connectivity index (χ3n) is 2.53. The Labute approximate surface area is 119 Å². The molecule has 0 spiro atoms. The SMILES string of the molecule is CN(Cc1ccc(Cl)s1)c1ncc(C(=O)O)cc1N. The Balaban J connectivity index is 2.19. The van der Waals surface area contributed by atoms with Gasteiger partial charge in [-0.05, 0) is 18.2 Å². The van der Waals surface area contributed by atoms with Gasteiger partial charge in [-0.1, -0.05) is 11.6 Å². The fourth-order valence-corrected chi connectivity index (χ4v) is 2.80. The number of halogens is 1. The van der Waals surface area contributed by atoms with E-state index in [9.17, 15) is 4.79 Å². The molecule has 2 aromatic heterocycles. The molecule has 0 aromatic carbocycles. The van der Waals surface area contributed by atoms with Gasteiger partial charge in [-0.15, -0.1) is 11.3 Å². The second-order valence-electron chi connectivity index (χ2n) is 4.00. The highest BCUT2D eigenvalue weighted by atomic mass is 35.5. The predicted octanol–water partition coefficient (Wildman–Crippen LogP) is 2.71. The van der Waals surface area contributed by atoms with E-state index in [1.165, 1.54) is 23.6 Å². The van der Waals surface area contributed by atoms with Crippen LogP contribution in [0.1, 0.15) is 15.2 Å². The van der Waals surface area contributed by atoms with Crippen LogP contribution in [0.2, 0.25) is 4.34 Å². The van der Waals surface area contributed by atoms with Crippen LogP contribution in [0, 0.1) is 0 Å². The summed E-state index contributed by atoms with van der Waals surface area (Å²) in [6, 6.07) is 5.17. The van der Waals surface area contributed by atoms with E-state index in [-0.39, 0.29) is 5.56 Å². The largest absolute Gasteiger partial charge is 0.478 e. The van der Waals surface area contributed by atoms with E-state index < -0.39 is 5.97 Å². The molecule has 0 radical (unpaired) electrons. The first-order valence-electron chi connectivity index (χ1n) is 5.41. The zero-order valence-electron chi connectivity index (χ0n) is 10.1. The van der Waals surface area contributed by atoms with Crippen LogP contribution in [0.4, 0.5) is 11.5 Å². The lowest BCUT2D eigenvalue weighted by atomic mass is 10.2. The molecular formula is C12H12ClN3O2S. The van der Waals surface area contributed by atoms with E-state index in [0.717, 1.165) is 9.21 Å². The monoisotopic (exact) mass is 297 g/mol. The Morgan fingerprint density at radius 3 is 2.84 bits per heavy atom. The molecule has 5 nitrogen and oxygen atoms in total. The maximum Gasteiger partial charge on any atom is 0.337 e. The molecule has 0 atom stereocenters. The molecule has 0 fully saturated rings. The number of hydrogen-bond donors (Lipinski definition) is 2. The Morgan fingerprint density at radius 2 is 2.32 bits per heavy atom. The van der Waals surface area contributed by atoms with E-state index >= 15 is 0 Å². The minimum absolute atomic E-state index is 0.0776. The van der Waals surface area contributed by atoms with Crippen molar-refractivity contribution in [2.45, 2.75) is 6.54 Å². The lowest BCUT2D eigenvalue weighted by molar-refractivity contribution is 0.0696. The van der Waals surface area contributed by atoms with Crippen molar-refractivity contribution in [3.8, 4) is 0 Å². The zero-order chi connectivity index (χ0) is 14.0. The molecule has 2 heterocycles. The number of aromatic carboxylic acids is 1. The number of aromatic nitrogens is 1. The second kappa shape index (κ2) is 5.46. The summed E-state index contributed by atoms with van der Waals surface area (Å²) in [4.78, 5) is 17.8. The fraction of sp³-hybridized carbons (Fsp3) is 0.167. The fourth-order valence-electron chi connectivity index (χ4n) is 1.66. The van der Waals surface area contributed by atoms with Crippen LogP contribution in [-0.2, 0) is 6.54 Å². The first-order valence-corrected chi connectivity index (χ1v) is 6.61. The van der Waals surface area contributed by atoms with Crippen molar-refractivity contribution in [1.82, 2.24) is 4.98 Å². The third-order valence-corrected chi connectivity index (χ3v) is 3.74. The van der Waals surface area contributed by atoms with E-state index in [2.05, 4.69) is 4.98 Å². The van der Waals surface area contributed by atoms with E-state index in [4.69, 9.17) is 22.4 Å². The van der Waals surface area contributed by atoms with Crippen LogP contribution >= 0.6 is 22.9 Å². The minimum atomic E-state index is -1.04. The second-order valence-corrected chi connectivity index (χ2v) is 5.80. The standard InChI is InChI=1S/C12H12ClN3O2S/c1-16(6-8-2-3-10(13)19-8)11-9(14)4-7(5-15-11)12(17)18/h2-5H,6,14H2,1H3,(H,17,18). The quantitative estimate of drug-likeness (QED) is 0.907. The summed E-state index contributed by atoms with van der Waals surface area (Å²) in [5.74, 6) is -0.493. The van der Waals surface area contributed by atoms with Gasteiger partial charge >= 0.3 is 5.97 Å². The molecular weight excluding hydrogens is 286 g/mol. The average Bonchev–Trinajstić information content (AvgIpc) is 2.74. The van der Waals surface area contributed by atoms with Crippen molar-refractivity contribution in [1.29, 1.82) is 0 Å². The number of hydrogen-bond acceptors (Lipinski definition) is 5. The van der Waals surface area contributed by atoms with Crippen LogP contribution in [0.25, 0.3) is 0 Å². The Bertz CT molecular complexity index is 615. The predicted molar refractivity (Wildman–Crippen MR) is 77.0 cm³/mol. The van der Waals surface area contributed by atoms with Gasteiger partial charge in [0, 0.05) is 18.1 Å². The molecule has 0 amide bonds. The van der Waals surface area contributed by atoms with Gasteiger partial charge in [-0.3, -0.25) is 0 Å². The lowest BCUT2D eigenvalue weighted by Crippen LogP contribution is -2.19. The molecule has 19 heavy (non-hydrogen) atoms. The van der Waals surface area contributed by atoms with E-state index in [0.29, 0.717) is 18.1 Å². The summed E-state index contributed by atoms with van der Waals surface area (Å²) in [7, 11) is 1.84. The number of thiophene rings is 1. The molecule has 0 aliphatic heterocycles. The van der Waals surface area contributed by atoms with Crippen molar-refractivity contribution in [2.24, 2.45) is 0 Å². The number of nitrogen functional groups attached to an aromatic ring is 1. The highest BCUT2D eigenvalue weighted by molar-refractivity contribution is 7.16. The van der Waals surface area contributed by atoms with Crippen LogP contribution in [0.15, 0.2) is 24.4 Å². The van der Waals surface area contributed by atoms with Crippen LogP contribution < -0.4 is 10.6 Å². The summed E-state index contributed by atoms with van der Waals surface area (Å²) < 4.78 is 0.727. The Hall–Kier alpha value is -1.79. The molecule has 7 heteroatoms. The van der Waals surface area contributed by atoms with Crippen LogP contribution in [0.5, 0.6) is 0 Å². The number of pyridine rings is 1. The average molecular weight is 298 g/mol. The van der Waals surface area contributed by atoms with Crippen molar-refractivity contribution in [2.75, 3.05) is 17.7 Å². The normalized spacial score (nSPS) is 10.4. The van der Waals surface area contributed by atoms with Gasteiger partial charge in [-0.25, -0.2) is 9.78 Å². The van der Waals surface area contributed by atoms with E-state index in [1.807, 2.05) is 24.1 Å². The van der Waals surface area contributed by atoms with Crippen molar-refractivity contribution < 1.29 is 9.90 Å². The number of carboxylic acid groups (broad SMARTS) is 1. The summed E-state index contributed by atoms with van der Waals surface area (Å²) in [6.45, 7) is 0.612. The first kappa shape index (κ1) is 13.6. The topological polar surface area (TPSA) is 79.5 Å². The van der Waals surface area contributed by atoms with Crippen molar-refractivity contribution in [3.05, 3.63) is 39.2 Å². The highest BCUT2D eigenvalue weighted by Gasteiger charge is 2.12. The number of carbonyl (C=O) groups is 1. The number of nitrogens with two attached hydrogens (primary N) is 1. The summed E-state index contributed by atoms with van der Waals surface area (Å²) in [5.41, 5.74) is 6.24. The Kier molecular flexibility index (Phi) is 3.92. The van der Waals surface area contributed by atoms with Crippen LogP contribution in [-0.4, -0.2) is 23.1 Å². The van der Waals surface area contributed by atoms with Gasteiger partial charge in [0.25, 0.3) is 0 Å². The van der Waals surface area contributed by atoms with Gasteiger partial charge in [0.1, 0.15) is 0 Å². The number of nitrogens with zero attached hydrogens (tertiary/aromatic N) is 2. The van der Waals surface area contributed by atoms with Gasteiger partial charge in [0.2, 0.25) is 0 Å². The molecule has 0 aliphatic carbocycles. The van der Waals surface area contributed by atoms with E-state index in [1.54, 1.807) is 0 Å². The van der Waals surface area contributed by atoms with Gasteiger partial charge in [0.15, 0.2) is 5.82 Å². The molecule has 2 rings (SSSR count). The third kappa shape index (κ3) is 3.15. The molecule has 0 unspecified atom stereocenters. The molecule has 3 N–H and O–H groups in total. The van der Waals surface area contributed by atoms with Crippen molar-refractivity contribution >= 4 is 40.4 Å². The van der Waals surface area contributed by atoms with Gasteiger partial charge < -0.3 is 15.7 Å². The smallest absolute Gasteiger partial charge is 0.337 e. The maximum atomic E-state index is 10.8. The zero-order valence-corrected chi connectivity index (χ0v) is 11.7. The highest BCUT2D eigenvalue weighted by Crippen LogP contribution is 2.26. The Morgan fingerprint density at radius 1 is 1.58 bits per heavy atom. The molecule has 0 saturated carbocycles. The molecule has 0 saturated heterocycles. The molecule has 100 valence electrons. The molecule has 0 bridgehead atoms. The minimum Gasteiger partial charge on any atom is -0.478 e. The number of anilines is 2. The maximum absolute atomic E-state index is 10.8. The molecule has 2 aromatic rings. The van der Waals surface area contributed by atoms with Crippen LogP contribution in [0.3, 0.4) is 0 Å². The summed E-state index contributed by atoms with van der Waals surface area (Å²) in [6.07, 6.45) is 1.30. The van der Waals surface area contributed by atoms with Gasteiger partial charge in [0.05, 0.1) is 22.1 Å². The summed E-state index contributed by atoms with van der Waals surface area (Å²) >= 11 is 7.36. The van der Waals surface area contributed by atoms with Crippen molar-refractivity contribution in [3.63, 3.8) is 0 Å². The summed E-state index contributed by atoms with van der Waals surface area (Å²) in [5, 5.41) is 8.85. The molecule has 0 aliphatic rings. The first-order chi connectivity index (χ1) is 8.97. The lowest BCUT2D eigenvalue weighted by Gasteiger charge is -2.19. The number of carboxylic acids is 1.